The van der Waals surface area contributed by atoms with Crippen LogP contribution in [0.5, 0.6) is 0 Å². The van der Waals surface area contributed by atoms with Crippen molar-refractivity contribution >= 4 is 40.2 Å². The second-order valence-corrected chi connectivity index (χ2v) is 4.64. The highest BCUT2D eigenvalue weighted by molar-refractivity contribution is 7.08. The summed E-state index contributed by atoms with van der Waals surface area (Å²) in [7, 11) is 0. The van der Waals surface area contributed by atoms with E-state index in [1.807, 2.05) is 23.6 Å². The summed E-state index contributed by atoms with van der Waals surface area (Å²) in [6.07, 6.45) is 0. The Hall–Kier alpha value is -0.700. The van der Waals surface area contributed by atoms with Crippen LogP contribution in [0.1, 0.15) is 5.56 Å². The Morgan fingerprint density at radius 3 is 2.80 bits per heavy atom. The first-order chi connectivity index (χ1) is 7.27. The smallest absolute Gasteiger partial charge is 0.0642 e. The molecule has 1 heterocycles. The van der Waals surface area contributed by atoms with Gasteiger partial charge in [-0.15, -0.1) is 0 Å². The molecule has 0 aliphatic heterocycles. The van der Waals surface area contributed by atoms with E-state index in [0.29, 0.717) is 16.6 Å². The lowest BCUT2D eigenvalue weighted by atomic mass is 10.2. The highest BCUT2D eigenvalue weighted by Gasteiger charge is 2.03. The van der Waals surface area contributed by atoms with Crippen LogP contribution >= 0.6 is 34.5 Å². The normalized spacial score (nSPS) is 10.3. The second kappa shape index (κ2) is 4.88. The summed E-state index contributed by atoms with van der Waals surface area (Å²) in [5.41, 5.74) is 2.12. The van der Waals surface area contributed by atoms with Crippen molar-refractivity contribution in [2.24, 2.45) is 0 Å². The molecule has 1 aromatic heterocycles. The van der Waals surface area contributed by atoms with E-state index in [1.165, 1.54) is 0 Å². The third-order valence-electron chi connectivity index (χ3n) is 2.04. The zero-order valence-electron chi connectivity index (χ0n) is 7.84. The first-order valence-electron chi connectivity index (χ1n) is 4.46. The van der Waals surface area contributed by atoms with Crippen LogP contribution in [0.4, 0.5) is 5.69 Å². The average Bonchev–Trinajstić information content (AvgIpc) is 2.73. The summed E-state index contributed by atoms with van der Waals surface area (Å²) in [6.45, 7) is 0.691. The first kappa shape index (κ1) is 10.8. The largest absolute Gasteiger partial charge is 0.380 e. The number of thiophene rings is 1. The van der Waals surface area contributed by atoms with Crippen LogP contribution in [0.2, 0.25) is 10.0 Å². The molecule has 15 heavy (non-hydrogen) atoms. The molecule has 1 nitrogen and oxygen atoms in total. The van der Waals surface area contributed by atoms with Crippen LogP contribution in [-0.4, -0.2) is 0 Å². The number of hydrogen-bond acceptors (Lipinski definition) is 2. The lowest BCUT2D eigenvalue weighted by Gasteiger charge is -2.07. The predicted octanol–water partition coefficient (Wildman–Crippen LogP) is 4.67. The Morgan fingerprint density at radius 2 is 2.07 bits per heavy atom. The molecule has 0 bridgehead atoms. The number of anilines is 1. The van der Waals surface area contributed by atoms with Gasteiger partial charge >= 0.3 is 0 Å². The van der Waals surface area contributed by atoms with Crippen molar-refractivity contribution in [3.05, 3.63) is 50.6 Å². The molecule has 0 radical (unpaired) electrons. The molecule has 0 fully saturated rings. The molecular weight excluding hydrogens is 249 g/mol. The monoisotopic (exact) mass is 257 g/mol. The molecule has 2 rings (SSSR count). The standard InChI is InChI=1S/C11H9Cl2NS/c12-10-3-1-2-8(11(10)13)6-14-9-4-5-15-7-9/h1-5,7,14H,6H2. The molecule has 1 aromatic carbocycles. The van der Waals surface area contributed by atoms with Gasteiger partial charge in [0, 0.05) is 17.6 Å². The molecule has 0 aliphatic carbocycles. The number of rotatable bonds is 3. The first-order valence-corrected chi connectivity index (χ1v) is 6.16. The van der Waals surface area contributed by atoms with Crippen molar-refractivity contribution in [3.63, 3.8) is 0 Å². The third-order valence-corrected chi connectivity index (χ3v) is 3.58. The van der Waals surface area contributed by atoms with Gasteiger partial charge in [0.1, 0.15) is 0 Å². The summed E-state index contributed by atoms with van der Waals surface area (Å²) < 4.78 is 0. The van der Waals surface area contributed by atoms with Gasteiger partial charge in [-0.05, 0) is 23.1 Å². The van der Waals surface area contributed by atoms with Gasteiger partial charge in [0.25, 0.3) is 0 Å². The van der Waals surface area contributed by atoms with E-state index in [0.717, 1.165) is 11.3 Å². The van der Waals surface area contributed by atoms with E-state index >= 15 is 0 Å². The summed E-state index contributed by atoms with van der Waals surface area (Å²) in [6, 6.07) is 7.69. The van der Waals surface area contributed by atoms with E-state index in [9.17, 15) is 0 Å². The van der Waals surface area contributed by atoms with Gasteiger partial charge in [-0.1, -0.05) is 35.3 Å². The van der Waals surface area contributed by atoms with Crippen LogP contribution in [0.15, 0.2) is 35.0 Å². The van der Waals surface area contributed by atoms with E-state index < -0.39 is 0 Å². The average molecular weight is 258 g/mol. The minimum Gasteiger partial charge on any atom is -0.380 e. The molecule has 0 aliphatic rings. The van der Waals surface area contributed by atoms with Crippen molar-refractivity contribution in [2.45, 2.75) is 6.54 Å². The minimum absolute atomic E-state index is 0.598. The van der Waals surface area contributed by atoms with Crippen molar-refractivity contribution in [3.8, 4) is 0 Å². The number of nitrogens with one attached hydrogen (secondary N) is 1. The molecule has 0 atom stereocenters. The SMILES string of the molecule is Clc1cccc(CNc2ccsc2)c1Cl. The molecule has 0 unspecified atom stereocenters. The van der Waals surface area contributed by atoms with Crippen LogP contribution in [0.25, 0.3) is 0 Å². The summed E-state index contributed by atoms with van der Waals surface area (Å²) in [5.74, 6) is 0. The van der Waals surface area contributed by atoms with E-state index in [2.05, 4.69) is 10.7 Å². The number of benzene rings is 1. The fraction of sp³-hybridized carbons (Fsp3) is 0.0909. The zero-order valence-corrected chi connectivity index (χ0v) is 10.2. The third kappa shape index (κ3) is 2.65. The summed E-state index contributed by atoms with van der Waals surface area (Å²) >= 11 is 13.6. The Kier molecular flexibility index (Phi) is 3.52. The van der Waals surface area contributed by atoms with E-state index in [4.69, 9.17) is 23.2 Å². The quantitative estimate of drug-likeness (QED) is 0.843. The zero-order chi connectivity index (χ0) is 10.7. The maximum atomic E-state index is 6.06. The Bertz CT molecular complexity index is 440. The molecule has 4 heteroatoms. The van der Waals surface area contributed by atoms with Crippen LogP contribution in [0.3, 0.4) is 0 Å². The molecule has 0 saturated heterocycles. The fourth-order valence-corrected chi connectivity index (χ4v) is 2.25. The highest BCUT2D eigenvalue weighted by Crippen LogP contribution is 2.26. The van der Waals surface area contributed by atoms with Crippen molar-refractivity contribution in [1.82, 2.24) is 0 Å². The Morgan fingerprint density at radius 1 is 1.20 bits per heavy atom. The maximum absolute atomic E-state index is 6.06. The Labute approximate surface area is 103 Å². The molecule has 0 amide bonds. The van der Waals surface area contributed by atoms with Crippen molar-refractivity contribution < 1.29 is 0 Å². The van der Waals surface area contributed by atoms with Gasteiger partial charge in [0.2, 0.25) is 0 Å². The molecular formula is C11H9Cl2NS. The molecule has 2 aromatic rings. The van der Waals surface area contributed by atoms with Gasteiger partial charge in [-0.3, -0.25) is 0 Å². The number of hydrogen-bond donors (Lipinski definition) is 1. The second-order valence-electron chi connectivity index (χ2n) is 3.08. The fourth-order valence-electron chi connectivity index (χ4n) is 1.25. The van der Waals surface area contributed by atoms with Crippen LogP contribution in [0, 0.1) is 0 Å². The molecule has 0 spiro atoms. The van der Waals surface area contributed by atoms with Gasteiger partial charge in [-0.25, -0.2) is 0 Å². The van der Waals surface area contributed by atoms with Crippen LogP contribution in [-0.2, 0) is 6.54 Å². The molecule has 78 valence electrons. The van der Waals surface area contributed by atoms with Crippen LogP contribution < -0.4 is 5.32 Å². The molecule has 0 saturated carbocycles. The predicted molar refractivity (Wildman–Crippen MR) is 68.1 cm³/mol. The lowest BCUT2D eigenvalue weighted by Crippen LogP contribution is -1.98. The maximum Gasteiger partial charge on any atom is 0.0642 e. The van der Waals surface area contributed by atoms with Crippen molar-refractivity contribution in [1.29, 1.82) is 0 Å². The van der Waals surface area contributed by atoms with Gasteiger partial charge < -0.3 is 5.32 Å². The Balaban J connectivity index is 2.08. The lowest BCUT2D eigenvalue weighted by molar-refractivity contribution is 1.15. The number of halogens is 2. The van der Waals surface area contributed by atoms with Gasteiger partial charge in [-0.2, -0.15) is 11.3 Å². The topological polar surface area (TPSA) is 12.0 Å². The molecule has 1 N–H and O–H groups in total. The minimum atomic E-state index is 0.598. The van der Waals surface area contributed by atoms with Crippen molar-refractivity contribution in [2.75, 3.05) is 5.32 Å². The van der Waals surface area contributed by atoms with E-state index in [-0.39, 0.29) is 0 Å². The van der Waals surface area contributed by atoms with E-state index in [1.54, 1.807) is 17.4 Å². The highest BCUT2D eigenvalue weighted by atomic mass is 35.5. The summed E-state index contributed by atoms with van der Waals surface area (Å²) in [5, 5.41) is 8.59. The summed E-state index contributed by atoms with van der Waals surface area (Å²) in [4.78, 5) is 0. The van der Waals surface area contributed by atoms with Gasteiger partial charge in [0.15, 0.2) is 0 Å². The van der Waals surface area contributed by atoms with Gasteiger partial charge in [0.05, 0.1) is 10.0 Å².